The molecule has 1 aromatic rings. The summed E-state index contributed by atoms with van der Waals surface area (Å²) in [5.74, 6) is 1.57. The predicted octanol–water partition coefficient (Wildman–Crippen LogP) is 2.97. The molecule has 2 rings (SSSR count). The lowest BCUT2D eigenvalue weighted by molar-refractivity contribution is 0.0832. The monoisotopic (exact) mass is 391 g/mol. The first kappa shape index (κ1) is 15.9. The summed E-state index contributed by atoms with van der Waals surface area (Å²) >= 11 is 2.27. The molecule has 0 aromatic heterocycles. The third-order valence-electron chi connectivity index (χ3n) is 3.64. The zero-order valence-corrected chi connectivity index (χ0v) is 14.4. The lowest BCUT2D eigenvalue weighted by Gasteiger charge is -2.20. The Morgan fingerprint density at radius 2 is 2.20 bits per heavy atom. The van der Waals surface area contributed by atoms with Gasteiger partial charge in [-0.15, -0.1) is 0 Å². The van der Waals surface area contributed by atoms with Gasteiger partial charge in [-0.2, -0.15) is 0 Å². The summed E-state index contributed by atoms with van der Waals surface area (Å²) in [4.78, 5) is 0. The van der Waals surface area contributed by atoms with Gasteiger partial charge in [-0.05, 0) is 60.1 Å². The van der Waals surface area contributed by atoms with Gasteiger partial charge in [0.25, 0.3) is 0 Å². The fourth-order valence-electron chi connectivity index (χ4n) is 2.48. The Kier molecular flexibility index (Phi) is 5.92. The maximum Gasteiger partial charge on any atom is 0.174 e. The van der Waals surface area contributed by atoms with Gasteiger partial charge in [-0.3, -0.25) is 0 Å². The molecular formula is C15H22INO3. The van der Waals surface area contributed by atoms with Gasteiger partial charge in [0.05, 0.1) is 23.9 Å². The number of rotatable bonds is 6. The Bertz CT molecular complexity index is 447. The zero-order chi connectivity index (χ0) is 14.5. The molecule has 1 aliphatic heterocycles. The Labute approximate surface area is 134 Å². The van der Waals surface area contributed by atoms with Crippen molar-refractivity contribution >= 4 is 22.6 Å². The molecule has 1 heterocycles. The minimum Gasteiger partial charge on any atom is -0.493 e. The van der Waals surface area contributed by atoms with Crippen LogP contribution in [0.3, 0.4) is 0 Å². The Morgan fingerprint density at radius 3 is 2.80 bits per heavy atom. The van der Waals surface area contributed by atoms with E-state index in [4.69, 9.17) is 14.2 Å². The molecule has 0 amide bonds. The molecule has 0 aliphatic carbocycles. The van der Waals surface area contributed by atoms with E-state index in [1.807, 2.05) is 6.07 Å². The van der Waals surface area contributed by atoms with E-state index in [9.17, 15) is 0 Å². The van der Waals surface area contributed by atoms with Crippen molar-refractivity contribution in [3.63, 3.8) is 0 Å². The van der Waals surface area contributed by atoms with Gasteiger partial charge < -0.3 is 19.5 Å². The number of methoxy groups -OCH3 is 2. The molecule has 0 saturated carbocycles. The SMILES string of the molecule is COc1cc(CNC(C)C2CCCO2)cc(I)c1OC. The second kappa shape index (κ2) is 7.47. The standard InChI is InChI=1S/C15H22INO3/c1-10(13-5-4-6-20-13)17-9-11-7-12(16)15(19-3)14(8-11)18-2/h7-8,10,13,17H,4-6,9H2,1-3H3. The van der Waals surface area contributed by atoms with Gasteiger partial charge in [-0.1, -0.05) is 0 Å². The van der Waals surface area contributed by atoms with Crippen molar-refractivity contribution in [2.45, 2.75) is 38.5 Å². The number of halogens is 1. The van der Waals surface area contributed by atoms with Gasteiger partial charge in [0.1, 0.15) is 0 Å². The highest BCUT2D eigenvalue weighted by Gasteiger charge is 2.22. The zero-order valence-electron chi connectivity index (χ0n) is 12.2. The number of hydrogen-bond acceptors (Lipinski definition) is 4. The van der Waals surface area contributed by atoms with E-state index in [-0.39, 0.29) is 0 Å². The van der Waals surface area contributed by atoms with Crippen molar-refractivity contribution in [2.24, 2.45) is 0 Å². The first-order valence-corrected chi connectivity index (χ1v) is 7.99. The maximum atomic E-state index is 5.70. The topological polar surface area (TPSA) is 39.7 Å². The third kappa shape index (κ3) is 3.77. The molecule has 5 heteroatoms. The lowest BCUT2D eigenvalue weighted by Crippen LogP contribution is -2.36. The van der Waals surface area contributed by atoms with Crippen molar-refractivity contribution in [3.05, 3.63) is 21.3 Å². The van der Waals surface area contributed by atoms with E-state index in [0.717, 1.165) is 34.6 Å². The molecule has 20 heavy (non-hydrogen) atoms. The summed E-state index contributed by atoms with van der Waals surface area (Å²) in [6, 6.07) is 4.51. The van der Waals surface area contributed by atoms with Gasteiger partial charge >= 0.3 is 0 Å². The molecule has 0 radical (unpaired) electrons. The number of benzene rings is 1. The van der Waals surface area contributed by atoms with E-state index in [1.54, 1.807) is 14.2 Å². The molecule has 1 N–H and O–H groups in total. The molecular weight excluding hydrogens is 369 g/mol. The molecule has 1 aromatic carbocycles. The van der Waals surface area contributed by atoms with Crippen molar-refractivity contribution in [2.75, 3.05) is 20.8 Å². The smallest absolute Gasteiger partial charge is 0.174 e. The van der Waals surface area contributed by atoms with E-state index in [0.29, 0.717) is 12.1 Å². The van der Waals surface area contributed by atoms with Gasteiger partial charge in [0.15, 0.2) is 11.5 Å². The molecule has 1 fully saturated rings. The summed E-state index contributed by atoms with van der Waals surface area (Å²) in [5.41, 5.74) is 1.19. The highest BCUT2D eigenvalue weighted by Crippen LogP contribution is 2.33. The average Bonchev–Trinajstić information content (AvgIpc) is 2.98. The first-order chi connectivity index (χ1) is 9.65. The minimum atomic E-state index is 0.342. The van der Waals surface area contributed by atoms with Gasteiger partial charge in [-0.25, -0.2) is 0 Å². The lowest BCUT2D eigenvalue weighted by atomic mass is 10.1. The predicted molar refractivity (Wildman–Crippen MR) is 87.5 cm³/mol. The maximum absolute atomic E-state index is 5.70. The molecule has 1 saturated heterocycles. The van der Waals surface area contributed by atoms with Crippen LogP contribution in [-0.4, -0.2) is 33.0 Å². The van der Waals surface area contributed by atoms with Crippen LogP contribution in [0.5, 0.6) is 11.5 Å². The van der Waals surface area contributed by atoms with Crippen LogP contribution in [0, 0.1) is 3.57 Å². The molecule has 2 atom stereocenters. The summed E-state index contributed by atoms with van der Waals surface area (Å²) in [5, 5.41) is 3.53. The Morgan fingerprint density at radius 1 is 1.40 bits per heavy atom. The van der Waals surface area contributed by atoms with Crippen LogP contribution < -0.4 is 14.8 Å². The van der Waals surface area contributed by atoms with Crippen molar-refractivity contribution in [3.8, 4) is 11.5 Å². The molecule has 112 valence electrons. The average molecular weight is 391 g/mol. The summed E-state index contributed by atoms with van der Waals surface area (Å²) in [6.07, 6.45) is 2.66. The van der Waals surface area contributed by atoms with E-state index >= 15 is 0 Å². The highest BCUT2D eigenvalue weighted by atomic mass is 127. The van der Waals surface area contributed by atoms with Crippen molar-refractivity contribution in [1.82, 2.24) is 5.32 Å². The largest absolute Gasteiger partial charge is 0.493 e. The number of hydrogen-bond donors (Lipinski definition) is 1. The van der Waals surface area contributed by atoms with Crippen LogP contribution in [0.2, 0.25) is 0 Å². The first-order valence-electron chi connectivity index (χ1n) is 6.91. The van der Waals surface area contributed by atoms with Crippen LogP contribution >= 0.6 is 22.6 Å². The van der Waals surface area contributed by atoms with Crippen LogP contribution in [0.15, 0.2) is 12.1 Å². The van der Waals surface area contributed by atoms with Crippen molar-refractivity contribution < 1.29 is 14.2 Å². The Balaban J connectivity index is 2.00. The second-order valence-corrected chi connectivity index (χ2v) is 6.20. The van der Waals surface area contributed by atoms with Gasteiger partial charge in [0.2, 0.25) is 0 Å². The van der Waals surface area contributed by atoms with Crippen LogP contribution in [-0.2, 0) is 11.3 Å². The third-order valence-corrected chi connectivity index (χ3v) is 4.45. The normalized spacial score (nSPS) is 19.9. The second-order valence-electron chi connectivity index (χ2n) is 5.03. The summed E-state index contributed by atoms with van der Waals surface area (Å²) in [6.45, 7) is 3.88. The molecule has 1 aliphatic rings. The Hall–Kier alpha value is -0.530. The molecule has 4 nitrogen and oxygen atoms in total. The molecule has 2 unspecified atom stereocenters. The number of nitrogens with one attached hydrogen (secondary N) is 1. The summed E-state index contributed by atoms with van der Waals surface area (Å²) < 4.78 is 17.5. The van der Waals surface area contributed by atoms with Crippen LogP contribution in [0.25, 0.3) is 0 Å². The number of ether oxygens (including phenoxy) is 3. The molecule has 0 bridgehead atoms. The van der Waals surface area contributed by atoms with Crippen molar-refractivity contribution in [1.29, 1.82) is 0 Å². The fraction of sp³-hybridized carbons (Fsp3) is 0.600. The van der Waals surface area contributed by atoms with E-state index in [2.05, 4.69) is 40.9 Å². The van der Waals surface area contributed by atoms with E-state index in [1.165, 1.54) is 12.0 Å². The molecule has 0 spiro atoms. The fourth-order valence-corrected chi connectivity index (χ4v) is 3.37. The summed E-state index contributed by atoms with van der Waals surface area (Å²) in [7, 11) is 3.33. The quantitative estimate of drug-likeness (QED) is 0.758. The van der Waals surface area contributed by atoms with Gasteiger partial charge in [0, 0.05) is 19.2 Å². The van der Waals surface area contributed by atoms with Crippen LogP contribution in [0.1, 0.15) is 25.3 Å². The minimum absolute atomic E-state index is 0.342. The van der Waals surface area contributed by atoms with E-state index < -0.39 is 0 Å². The van der Waals surface area contributed by atoms with Crippen LogP contribution in [0.4, 0.5) is 0 Å². The highest BCUT2D eigenvalue weighted by molar-refractivity contribution is 14.1.